The molecule has 0 bridgehead atoms. The Morgan fingerprint density at radius 1 is 1.32 bits per heavy atom. The third-order valence-electron chi connectivity index (χ3n) is 1.99. The molecule has 0 aliphatic heterocycles. The molecular formula is C11H10ClF3O4. The van der Waals surface area contributed by atoms with Crippen molar-refractivity contribution in [2.45, 2.75) is 6.36 Å². The lowest BCUT2D eigenvalue weighted by atomic mass is 10.2. The second-order valence-corrected chi connectivity index (χ2v) is 3.72. The quantitative estimate of drug-likeness (QED) is 0.598. The van der Waals surface area contributed by atoms with E-state index in [1.165, 1.54) is 19.2 Å². The number of alkyl halides is 3. The van der Waals surface area contributed by atoms with Crippen LogP contribution < -0.4 is 9.47 Å². The van der Waals surface area contributed by atoms with Crippen molar-refractivity contribution in [2.75, 3.05) is 20.3 Å². The molecule has 1 aromatic rings. The maximum atomic E-state index is 11.7. The van der Waals surface area contributed by atoms with Crippen molar-refractivity contribution in [1.82, 2.24) is 0 Å². The molecule has 19 heavy (non-hydrogen) atoms. The van der Waals surface area contributed by atoms with E-state index >= 15 is 0 Å². The highest BCUT2D eigenvalue weighted by atomic mass is 35.5. The van der Waals surface area contributed by atoms with E-state index in [1.54, 1.807) is 0 Å². The number of carbonyl (C=O) groups excluding carboxylic acids is 1. The van der Waals surface area contributed by atoms with E-state index in [-0.39, 0.29) is 22.1 Å². The average molecular weight is 299 g/mol. The minimum Gasteiger partial charge on any atom is -0.493 e. The topological polar surface area (TPSA) is 44.8 Å². The summed E-state index contributed by atoms with van der Waals surface area (Å²) in [6, 6.07) is 2.70. The van der Waals surface area contributed by atoms with Gasteiger partial charge in [-0.2, -0.15) is 0 Å². The molecular weight excluding hydrogens is 289 g/mol. The number of hydrogen-bond acceptors (Lipinski definition) is 4. The van der Waals surface area contributed by atoms with Crippen LogP contribution in [-0.4, -0.2) is 33.0 Å². The molecule has 0 atom stereocenters. The second kappa shape index (κ2) is 6.63. The highest BCUT2D eigenvalue weighted by molar-refractivity contribution is 6.31. The van der Waals surface area contributed by atoms with Crippen LogP contribution in [0.25, 0.3) is 0 Å². The standard InChI is InChI=1S/C11H10ClF3O4/c1-17-9-5-8(12)4-7(6-16)10(9)18-2-3-19-11(13,14)15/h4-6H,2-3H2,1H3. The zero-order valence-electron chi connectivity index (χ0n) is 9.79. The molecule has 0 amide bonds. The normalized spacial score (nSPS) is 11.2. The van der Waals surface area contributed by atoms with Gasteiger partial charge in [-0.3, -0.25) is 9.53 Å². The van der Waals surface area contributed by atoms with Gasteiger partial charge in [0.1, 0.15) is 6.61 Å². The summed E-state index contributed by atoms with van der Waals surface area (Å²) in [5, 5.41) is 0.248. The van der Waals surface area contributed by atoms with Gasteiger partial charge in [-0.15, -0.1) is 13.2 Å². The number of aldehydes is 1. The molecule has 0 unspecified atom stereocenters. The number of benzene rings is 1. The average Bonchev–Trinajstić information content (AvgIpc) is 2.33. The highest BCUT2D eigenvalue weighted by Gasteiger charge is 2.28. The van der Waals surface area contributed by atoms with Gasteiger partial charge in [0.2, 0.25) is 0 Å². The van der Waals surface area contributed by atoms with Crippen molar-refractivity contribution in [3.63, 3.8) is 0 Å². The molecule has 0 aliphatic carbocycles. The van der Waals surface area contributed by atoms with E-state index in [0.717, 1.165) is 0 Å². The van der Waals surface area contributed by atoms with Crippen LogP contribution >= 0.6 is 11.6 Å². The van der Waals surface area contributed by atoms with Gasteiger partial charge in [0.15, 0.2) is 17.8 Å². The minimum absolute atomic E-state index is 0.0210. The number of methoxy groups -OCH3 is 1. The van der Waals surface area contributed by atoms with Crippen LogP contribution in [0.3, 0.4) is 0 Å². The maximum Gasteiger partial charge on any atom is 0.522 e. The van der Waals surface area contributed by atoms with Crippen molar-refractivity contribution in [1.29, 1.82) is 0 Å². The van der Waals surface area contributed by atoms with Crippen molar-refractivity contribution < 1.29 is 32.2 Å². The lowest BCUT2D eigenvalue weighted by molar-refractivity contribution is -0.325. The highest BCUT2D eigenvalue weighted by Crippen LogP contribution is 2.33. The Bertz CT molecular complexity index is 448. The Hall–Kier alpha value is -1.47. The van der Waals surface area contributed by atoms with Crippen LogP contribution in [0.2, 0.25) is 5.02 Å². The smallest absolute Gasteiger partial charge is 0.493 e. The van der Waals surface area contributed by atoms with Gasteiger partial charge >= 0.3 is 6.36 Å². The Kier molecular flexibility index (Phi) is 5.44. The zero-order valence-corrected chi connectivity index (χ0v) is 10.5. The van der Waals surface area contributed by atoms with Gasteiger partial charge in [-0.05, 0) is 6.07 Å². The Morgan fingerprint density at radius 3 is 2.53 bits per heavy atom. The van der Waals surface area contributed by atoms with Crippen LogP contribution in [0.4, 0.5) is 13.2 Å². The Morgan fingerprint density at radius 2 is 2.00 bits per heavy atom. The van der Waals surface area contributed by atoms with Gasteiger partial charge < -0.3 is 9.47 Å². The Balaban J connectivity index is 2.74. The number of hydrogen-bond donors (Lipinski definition) is 0. The summed E-state index contributed by atoms with van der Waals surface area (Å²) in [6.45, 7) is -1.09. The van der Waals surface area contributed by atoms with Gasteiger partial charge in [0, 0.05) is 11.1 Å². The van der Waals surface area contributed by atoms with Crippen molar-refractivity contribution in [3.8, 4) is 11.5 Å². The number of ether oxygens (including phenoxy) is 3. The van der Waals surface area contributed by atoms with Crippen molar-refractivity contribution in [2.24, 2.45) is 0 Å². The summed E-state index contributed by atoms with van der Waals surface area (Å²) in [4.78, 5) is 10.8. The first-order valence-corrected chi connectivity index (χ1v) is 5.41. The lowest BCUT2D eigenvalue weighted by Gasteiger charge is -2.13. The molecule has 1 rings (SSSR count). The molecule has 106 valence electrons. The molecule has 0 saturated carbocycles. The van der Waals surface area contributed by atoms with Crippen LogP contribution in [-0.2, 0) is 4.74 Å². The fraction of sp³-hybridized carbons (Fsp3) is 0.364. The molecule has 0 aromatic heterocycles. The van der Waals surface area contributed by atoms with Crippen molar-refractivity contribution in [3.05, 3.63) is 22.7 Å². The Labute approximate surface area is 112 Å². The summed E-state index contributed by atoms with van der Waals surface area (Å²) in [6.07, 6.45) is -4.25. The predicted octanol–water partition coefficient (Wildman–Crippen LogP) is 3.08. The summed E-state index contributed by atoms with van der Waals surface area (Å²) < 4.78 is 48.8. The summed E-state index contributed by atoms with van der Waals surface area (Å²) in [5.41, 5.74) is 0.0800. The van der Waals surface area contributed by atoms with Crippen molar-refractivity contribution >= 4 is 17.9 Å². The van der Waals surface area contributed by atoms with Gasteiger partial charge in [0.05, 0.1) is 19.3 Å². The second-order valence-electron chi connectivity index (χ2n) is 3.29. The molecule has 0 heterocycles. The first-order valence-electron chi connectivity index (χ1n) is 5.03. The van der Waals surface area contributed by atoms with E-state index in [1.807, 2.05) is 0 Å². The number of carbonyl (C=O) groups is 1. The number of halogens is 4. The van der Waals surface area contributed by atoms with Gasteiger partial charge in [-0.1, -0.05) is 11.6 Å². The summed E-state index contributed by atoms with van der Waals surface area (Å²) in [7, 11) is 1.32. The summed E-state index contributed by atoms with van der Waals surface area (Å²) in [5.74, 6) is 0.175. The summed E-state index contributed by atoms with van der Waals surface area (Å²) >= 11 is 5.73. The molecule has 8 heteroatoms. The zero-order chi connectivity index (χ0) is 14.5. The largest absolute Gasteiger partial charge is 0.522 e. The third kappa shape index (κ3) is 4.96. The van der Waals surface area contributed by atoms with Gasteiger partial charge in [-0.25, -0.2) is 0 Å². The van der Waals surface area contributed by atoms with E-state index in [0.29, 0.717) is 6.29 Å². The van der Waals surface area contributed by atoms with Crippen LogP contribution in [0.5, 0.6) is 11.5 Å². The van der Waals surface area contributed by atoms with E-state index in [9.17, 15) is 18.0 Å². The fourth-order valence-corrected chi connectivity index (χ4v) is 1.50. The number of rotatable bonds is 6. The van der Waals surface area contributed by atoms with E-state index in [4.69, 9.17) is 21.1 Å². The monoisotopic (exact) mass is 298 g/mol. The maximum absolute atomic E-state index is 11.7. The fourth-order valence-electron chi connectivity index (χ4n) is 1.28. The first kappa shape index (κ1) is 15.6. The van der Waals surface area contributed by atoms with E-state index < -0.39 is 19.6 Å². The first-order chi connectivity index (χ1) is 8.87. The van der Waals surface area contributed by atoms with Crippen LogP contribution in [0.15, 0.2) is 12.1 Å². The van der Waals surface area contributed by atoms with Gasteiger partial charge in [0.25, 0.3) is 0 Å². The SMILES string of the molecule is COc1cc(Cl)cc(C=O)c1OCCOC(F)(F)F. The molecule has 4 nitrogen and oxygen atoms in total. The molecule has 0 aliphatic rings. The van der Waals surface area contributed by atoms with Crippen LogP contribution in [0, 0.1) is 0 Å². The molecule has 0 fully saturated rings. The molecule has 0 spiro atoms. The lowest BCUT2D eigenvalue weighted by Crippen LogP contribution is -2.18. The van der Waals surface area contributed by atoms with E-state index in [2.05, 4.69) is 4.74 Å². The molecule has 0 radical (unpaired) electrons. The predicted molar refractivity (Wildman–Crippen MR) is 60.9 cm³/mol. The molecule has 1 aromatic carbocycles. The molecule has 0 saturated heterocycles. The molecule has 0 N–H and O–H groups in total. The third-order valence-corrected chi connectivity index (χ3v) is 2.21. The van der Waals surface area contributed by atoms with Crippen LogP contribution in [0.1, 0.15) is 10.4 Å². The minimum atomic E-state index is -4.72.